The minimum atomic E-state index is -0.576. The van der Waals surface area contributed by atoms with Crippen LogP contribution in [0, 0.1) is 11.6 Å². The average Bonchev–Trinajstić information content (AvgIpc) is 3.63. The van der Waals surface area contributed by atoms with E-state index in [4.69, 9.17) is 14.7 Å². The number of aromatic nitrogens is 3. The van der Waals surface area contributed by atoms with E-state index in [2.05, 4.69) is 27.0 Å². The van der Waals surface area contributed by atoms with Gasteiger partial charge in [-0.25, -0.2) is 8.78 Å². The van der Waals surface area contributed by atoms with Crippen LogP contribution in [0.5, 0.6) is 6.01 Å². The Morgan fingerprint density at radius 3 is 2.61 bits per heavy atom. The highest BCUT2D eigenvalue weighted by Crippen LogP contribution is 2.41. The Morgan fingerprint density at radius 2 is 1.76 bits per heavy atom. The highest BCUT2D eigenvalue weighted by atomic mass is 19.1. The number of nitrogens with zero attached hydrogens (tertiary/aromatic N) is 5. The quantitative estimate of drug-likeness (QED) is 0.285. The van der Waals surface area contributed by atoms with E-state index in [1.54, 1.807) is 18.3 Å². The van der Waals surface area contributed by atoms with Gasteiger partial charge < -0.3 is 15.0 Å². The Labute approximate surface area is 267 Å². The molecule has 4 aromatic rings. The first kappa shape index (κ1) is 29.5. The number of nitrogens with one attached hydrogen (secondary N) is 1. The van der Waals surface area contributed by atoms with E-state index in [1.165, 1.54) is 6.07 Å². The number of aryl methyl sites for hydroxylation is 1. The van der Waals surface area contributed by atoms with Gasteiger partial charge in [-0.05, 0) is 100 Å². The van der Waals surface area contributed by atoms with Gasteiger partial charge in [-0.3, -0.25) is 14.7 Å². The van der Waals surface area contributed by atoms with Crippen LogP contribution in [0.4, 0.5) is 14.6 Å². The Bertz CT molecular complexity index is 1840. The molecule has 1 unspecified atom stereocenters. The third-order valence-electron chi connectivity index (χ3n) is 10.8. The van der Waals surface area contributed by atoms with Gasteiger partial charge >= 0.3 is 6.01 Å². The van der Waals surface area contributed by atoms with Crippen LogP contribution in [-0.2, 0) is 11.2 Å². The molecule has 5 aliphatic heterocycles. The number of piperidine rings is 1. The van der Waals surface area contributed by atoms with Crippen LogP contribution in [0.25, 0.3) is 32.9 Å². The minimum absolute atomic E-state index is 0.0156. The van der Waals surface area contributed by atoms with Gasteiger partial charge in [0.25, 0.3) is 0 Å². The Balaban J connectivity index is 1.31. The zero-order valence-corrected chi connectivity index (χ0v) is 26.4. The van der Waals surface area contributed by atoms with Gasteiger partial charge in [-0.2, -0.15) is 9.97 Å². The molecule has 0 spiro atoms. The molecule has 7 heterocycles. The number of anilines is 1. The summed E-state index contributed by atoms with van der Waals surface area (Å²) >= 11 is 0. The van der Waals surface area contributed by atoms with Crippen LogP contribution >= 0.6 is 0 Å². The van der Waals surface area contributed by atoms with Gasteiger partial charge in [0.1, 0.15) is 29.5 Å². The number of hydrogen-bond donors (Lipinski definition) is 1. The van der Waals surface area contributed by atoms with Crippen molar-refractivity contribution in [3.63, 3.8) is 0 Å². The van der Waals surface area contributed by atoms with Gasteiger partial charge in [-0.1, -0.05) is 24.3 Å². The van der Waals surface area contributed by atoms with Crippen molar-refractivity contribution in [2.24, 2.45) is 0 Å². The van der Waals surface area contributed by atoms with Crippen molar-refractivity contribution < 1.29 is 18.3 Å². The number of benzene rings is 2. The van der Waals surface area contributed by atoms with Gasteiger partial charge in [0.05, 0.1) is 16.5 Å². The topological polar surface area (TPSA) is 83.5 Å². The van der Waals surface area contributed by atoms with Crippen molar-refractivity contribution in [3.05, 3.63) is 53.7 Å². The van der Waals surface area contributed by atoms with Gasteiger partial charge in [0.2, 0.25) is 5.91 Å². The Morgan fingerprint density at radius 1 is 0.957 bits per heavy atom. The average molecular weight is 627 g/mol. The van der Waals surface area contributed by atoms with Gasteiger partial charge in [0, 0.05) is 31.3 Å². The summed E-state index contributed by atoms with van der Waals surface area (Å²) in [5.74, 6) is -0.379. The minimum Gasteiger partial charge on any atom is -0.461 e. The van der Waals surface area contributed by atoms with E-state index in [0.29, 0.717) is 73.1 Å². The summed E-state index contributed by atoms with van der Waals surface area (Å²) in [4.78, 5) is 32.1. The monoisotopic (exact) mass is 626 g/mol. The molecular formula is C36H40F2N6O2. The molecule has 10 heteroatoms. The molecule has 6 bridgehead atoms. The van der Waals surface area contributed by atoms with Crippen molar-refractivity contribution in [1.29, 1.82) is 0 Å². The zero-order chi connectivity index (χ0) is 31.5. The number of fused-ring (bicyclic) bond motifs is 7. The maximum absolute atomic E-state index is 16.9. The Kier molecular flexibility index (Phi) is 7.31. The van der Waals surface area contributed by atoms with E-state index in [0.717, 1.165) is 57.0 Å². The van der Waals surface area contributed by atoms with E-state index < -0.39 is 11.4 Å². The molecule has 3 saturated heterocycles. The molecule has 1 atom stereocenters. The summed E-state index contributed by atoms with van der Waals surface area (Å²) in [5, 5.41) is 5.22. The van der Waals surface area contributed by atoms with Crippen LogP contribution < -0.4 is 15.0 Å². The molecule has 3 fully saturated rings. The fourth-order valence-electron chi connectivity index (χ4n) is 8.55. The van der Waals surface area contributed by atoms with Crippen LogP contribution in [0.1, 0.15) is 70.3 Å². The normalized spacial score (nSPS) is 23.2. The fourth-order valence-corrected chi connectivity index (χ4v) is 8.55. The lowest BCUT2D eigenvalue weighted by Crippen LogP contribution is -2.57. The molecule has 8 nitrogen and oxygen atoms in total. The lowest BCUT2D eigenvalue weighted by atomic mass is 9.90. The summed E-state index contributed by atoms with van der Waals surface area (Å²) in [6.45, 7) is 5.87. The van der Waals surface area contributed by atoms with Crippen LogP contribution in [0.3, 0.4) is 0 Å². The molecule has 1 N–H and O–H groups in total. The predicted octanol–water partition coefficient (Wildman–Crippen LogP) is 6.33. The second kappa shape index (κ2) is 11.4. The first-order chi connectivity index (χ1) is 22.3. The molecule has 0 saturated carbocycles. The number of hydrogen-bond acceptors (Lipinski definition) is 7. The highest BCUT2D eigenvalue weighted by Gasteiger charge is 2.45. The predicted molar refractivity (Wildman–Crippen MR) is 174 cm³/mol. The third-order valence-corrected chi connectivity index (χ3v) is 10.8. The molecule has 9 rings (SSSR count). The van der Waals surface area contributed by atoms with Crippen molar-refractivity contribution in [1.82, 2.24) is 25.2 Å². The number of amides is 1. The number of carbonyl (C=O) groups excluding carboxylic acids is 1. The molecular weight excluding hydrogens is 586 g/mol. The van der Waals surface area contributed by atoms with Crippen LogP contribution in [0.15, 0.2) is 36.5 Å². The molecule has 2 aromatic carbocycles. The number of carbonyl (C=O) groups is 1. The smallest absolute Gasteiger partial charge is 0.319 e. The number of pyridine rings is 1. The standard InChI is InChI=1S/C36H40F2N6O2/c1-35-14-5-17-43(21-35)33-26-20-39-31(30(38)32(26)40-34(41-33)46-22-36-15-6-18-44(36)19-7-16-36)25-10-4-8-23-12-13-27(37)24(29(23)25)9-2-3-11-28(45)42-35/h4,8,10,12-13,20H,2-3,5-7,9,11,14-19,21-22H2,1H3,(H,42,45). The van der Waals surface area contributed by atoms with Crippen molar-refractivity contribution in [2.75, 3.05) is 37.7 Å². The maximum Gasteiger partial charge on any atom is 0.319 e. The summed E-state index contributed by atoms with van der Waals surface area (Å²) in [6.07, 6.45) is 9.75. The lowest BCUT2D eigenvalue weighted by molar-refractivity contribution is -0.123. The first-order valence-corrected chi connectivity index (χ1v) is 16.8. The van der Waals surface area contributed by atoms with Crippen LogP contribution in [-0.4, -0.2) is 69.6 Å². The second-order valence-corrected chi connectivity index (χ2v) is 14.0. The lowest BCUT2D eigenvalue weighted by Gasteiger charge is -2.42. The molecule has 5 aliphatic rings. The number of ether oxygens (including phenoxy) is 1. The summed E-state index contributed by atoms with van der Waals surface area (Å²) in [7, 11) is 0. The van der Waals surface area contributed by atoms with Crippen molar-refractivity contribution in [2.45, 2.75) is 82.2 Å². The Hall–Kier alpha value is -3.92. The third kappa shape index (κ3) is 5.05. The molecule has 1 amide bonds. The van der Waals surface area contributed by atoms with Crippen molar-refractivity contribution >= 4 is 33.4 Å². The summed E-state index contributed by atoms with van der Waals surface area (Å²) in [5.41, 5.74) is 0.776. The van der Waals surface area contributed by atoms with E-state index in [9.17, 15) is 4.79 Å². The molecule has 0 radical (unpaired) electrons. The zero-order valence-electron chi connectivity index (χ0n) is 26.4. The molecule has 0 aliphatic carbocycles. The van der Waals surface area contributed by atoms with E-state index >= 15 is 8.78 Å². The summed E-state index contributed by atoms with van der Waals surface area (Å²) < 4.78 is 38.8. The first-order valence-electron chi connectivity index (χ1n) is 16.8. The van der Waals surface area contributed by atoms with Crippen molar-refractivity contribution in [3.8, 4) is 17.3 Å². The van der Waals surface area contributed by atoms with Gasteiger partial charge in [0.15, 0.2) is 5.82 Å². The van der Waals surface area contributed by atoms with Crippen LogP contribution in [0.2, 0.25) is 0 Å². The SMILES string of the molecule is CC12CCCN(C1)c1nc(OCC34CCCN3CCC4)nc3c(F)c(ncc13)-c1cccc3ccc(F)c(c13)CCCCC(=O)N2. The van der Waals surface area contributed by atoms with Gasteiger partial charge in [-0.15, -0.1) is 0 Å². The van der Waals surface area contributed by atoms with E-state index in [-0.39, 0.29) is 34.5 Å². The van der Waals surface area contributed by atoms with E-state index in [1.807, 2.05) is 12.1 Å². The molecule has 240 valence electrons. The maximum atomic E-state index is 16.9. The molecule has 46 heavy (non-hydrogen) atoms. The molecule has 2 aromatic heterocycles. The number of rotatable bonds is 3. The largest absolute Gasteiger partial charge is 0.461 e. The number of halogens is 2. The fraction of sp³-hybridized carbons (Fsp3) is 0.500. The highest BCUT2D eigenvalue weighted by molar-refractivity contribution is 6.01. The second-order valence-electron chi connectivity index (χ2n) is 14.0. The summed E-state index contributed by atoms with van der Waals surface area (Å²) in [6, 6.07) is 8.89.